The van der Waals surface area contributed by atoms with Gasteiger partial charge in [0, 0.05) is 5.69 Å². The van der Waals surface area contributed by atoms with Crippen molar-refractivity contribution >= 4 is 47.3 Å². The van der Waals surface area contributed by atoms with Crippen LogP contribution in [0.15, 0.2) is 54.6 Å². The number of thioether (sulfide) groups is 1. The van der Waals surface area contributed by atoms with E-state index >= 15 is 0 Å². The highest BCUT2D eigenvalue weighted by Gasteiger charge is 2.52. The SMILES string of the molecule is CC(C(=O)O)c1cccc(NC(=O)NCC(=O)N2C(C(=O)OC(C)(C)C)SC(C(=O)O)C2c2ccccc2)c1. The quantitative estimate of drug-likeness (QED) is 0.356. The minimum atomic E-state index is -1.25. The first kappa shape index (κ1) is 29.5. The van der Waals surface area contributed by atoms with Crippen LogP contribution in [0.4, 0.5) is 10.5 Å². The number of esters is 1. The zero-order chi connectivity index (χ0) is 28.9. The molecule has 0 aliphatic carbocycles. The van der Waals surface area contributed by atoms with Crippen LogP contribution in [0, 0.1) is 0 Å². The second kappa shape index (κ2) is 12.2. The van der Waals surface area contributed by atoms with Crippen molar-refractivity contribution in [2.45, 2.75) is 55.9 Å². The second-order valence-electron chi connectivity index (χ2n) is 9.93. The molecular weight excluding hydrogens is 526 g/mol. The predicted molar refractivity (Wildman–Crippen MR) is 144 cm³/mol. The number of hydrogen-bond acceptors (Lipinski definition) is 7. The lowest BCUT2D eigenvalue weighted by Gasteiger charge is -2.31. The molecule has 0 bridgehead atoms. The van der Waals surface area contributed by atoms with E-state index in [-0.39, 0.29) is 0 Å². The zero-order valence-electron chi connectivity index (χ0n) is 21.9. The number of ether oxygens (including phenoxy) is 1. The number of carboxylic acids is 2. The minimum absolute atomic E-state index is 0.321. The smallest absolute Gasteiger partial charge is 0.340 e. The van der Waals surface area contributed by atoms with Gasteiger partial charge in [0.05, 0.1) is 18.5 Å². The van der Waals surface area contributed by atoms with E-state index in [0.717, 1.165) is 16.7 Å². The van der Waals surface area contributed by atoms with Crippen LogP contribution < -0.4 is 10.6 Å². The van der Waals surface area contributed by atoms with E-state index in [4.69, 9.17) is 4.74 Å². The van der Waals surface area contributed by atoms with Gasteiger partial charge in [-0.15, -0.1) is 11.8 Å². The van der Waals surface area contributed by atoms with E-state index < -0.39 is 64.6 Å². The molecule has 3 amide bonds. The van der Waals surface area contributed by atoms with Crippen molar-refractivity contribution in [1.29, 1.82) is 0 Å². The van der Waals surface area contributed by atoms with Crippen LogP contribution in [-0.4, -0.2) is 67.7 Å². The third-order valence-corrected chi connectivity index (χ3v) is 7.24. The van der Waals surface area contributed by atoms with Crippen molar-refractivity contribution in [1.82, 2.24) is 10.2 Å². The fourth-order valence-electron chi connectivity index (χ4n) is 4.01. The van der Waals surface area contributed by atoms with Gasteiger partial charge in [-0.05, 0) is 51.0 Å². The lowest BCUT2D eigenvalue weighted by Crippen LogP contribution is -2.48. The number of nitrogens with zero attached hydrogens (tertiary/aromatic N) is 1. The summed E-state index contributed by atoms with van der Waals surface area (Å²) in [5.41, 5.74) is 0.449. The van der Waals surface area contributed by atoms with Gasteiger partial charge in [-0.25, -0.2) is 9.59 Å². The van der Waals surface area contributed by atoms with Crippen LogP contribution in [0.1, 0.15) is 50.8 Å². The van der Waals surface area contributed by atoms with E-state index in [0.29, 0.717) is 16.8 Å². The minimum Gasteiger partial charge on any atom is -0.481 e. The average molecular weight is 558 g/mol. The van der Waals surface area contributed by atoms with Crippen molar-refractivity contribution in [3.05, 3.63) is 65.7 Å². The van der Waals surface area contributed by atoms with E-state index in [2.05, 4.69) is 10.6 Å². The first-order valence-corrected chi connectivity index (χ1v) is 13.1. The lowest BCUT2D eigenvalue weighted by molar-refractivity contribution is -0.161. The molecule has 1 aliphatic heterocycles. The maximum atomic E-state index is 13.5. The molecule has 39 heavy (non-hydrogen) atoms. The molecule has 4 unspecified atom stereocenters. The molecule has 0 saturated carbocycles. The number of anilines is 1. The van der Waals surface area contributed by atoms with Gasteiger partial charge in [-0.2, -0.15) is 0 Å². The highest BCUT2D eigenvalue weighted by atomic mass is 32.2. The molecule has 3 rings (SSSR count). The van der Waals surface area contributed by atoms with Crippen LogP contribution in [-0.2, 0) is 23.9 Å². The number of carboxylic acid groups (broad SMARTS) is 2. The van der Waals surface area contributed by atoms with Gasteiger partial charge < -0.3 is 30.5 Å². The Morgan fingerprint density at radius 2 is 1.69 bits per heavy atom. The monoisotopic (exact) mass is 557 g/mol. The van der Waals surface area contributed by atoms with Gasteiger partial charge in [0.25, 0.3) is 0 Å². The second-order valence-corrected chi connectivity index (χ2v) is 11.2. The largest absolute Gasteiger partial charge is 0.481 e. The highest BCUT2D eigenvalue weighted by molar-refractivity contribution is 8.02. The molecule has 0 radical (unpaired) electrons. The van der Waals surface area contributed by atoms with Gasteiger partial charge in [0.1, 0.15) is 10.9 Å². The number of hydrogen-bond donors (Lipinski definition) is 4. The average Bonchev–Trinajstić information content (AvgIpc) is 3.28. The van der Waals surface area contributed by atoms with Gasteiger partial charge in [-0.3, -0.25) is 14.4 Å². The Morgan fingerprint density at radius 3 is 2.28 bits per heavy atom. The summed E-state index contributed by atoms with van der Waals surface area (Å²) in [5, 5.41) is 21.7. The van der Waals surface area contributed by atoms with Crippen LogP contribution in [0.25, 0.3) is 0 Å². The fourth-order valence-corrected chi connectivity index (χ4v) is 5.38. The molecule has 0 aromatic heterocycles. The Kier molecular flexibility index (Phi) is 9.23. The Hall–Kier alpha value is -4.06. The van der Waals surface area contributed by atoms with Crippen LogP contribution in [0.2, 0.25) is 0 Å². The summed E-state index contributed by atoms with van der Waals surface area (Å²) < 4.78 is 5.48. The molecule has 1 fully saturated rings. The molecule has 0 spiro atoms. The van der Waals surface area contributed by atoms with Gasteiger partial charge >= 0.3 is 23.9 Å². The summed E-state index contributed by atoms with van der Waals surface area (Å²) in [5.74, 6) is -4.44. The van der Waals surface area contributed by atoms with Gasteiger partial charge in [0.2, 0.25) is 5.91 Å². The Bertz CT molecular complexity index is 1250. The summed E-state index contributed by atoms with van der Waals surface area (Å²) in [7, 11) is 0. The van der Waals surface area contributed by atoms with Crippen molar-refractivity contribution < 1.29 is 38.9 Å². The van der Waals surface area contributed by atoms with Gasteiger partial charge in [0.15, 0.2) is 5.37 Å². The molecule has 208 valence electrons. The topological polar surface area (TPSA) is 162 Å². The molecular formula is C27H31N3O8S. The van der Waals surface area contributed by atoms with Crippen molar-refractivity contribution in [2.24, 2.45) is 0 Å². The third-order valence-electron chi connectivity index (χ3n) is 5.81. The first-order valence-electron chi connectivity index (χ1n) is 12.1. The van der Waals surface area contributed by atoms with Crippen LogP contribution in [0.5, 0.6) is 0 Å². The number of rotatable bonds is 8. The summed E-state index contributed by atoms with van der Waals surface area (Å²) >= 11 is 0.805. The third kappa shape index (κ3) is 7.50. The van der Waals surface area contributed by atoms with E-state index in [9.17, 15) is 34.2 Å². The van der Waals surface area contributed by atoms with Crippen molar-refractivity contribution in [3.63, 3.8) is 0 Å². The normalized spacial score (nSPS) is 19.6. The Balaban J connectivity index is 1.81. The summed E-state index contributed by atoms with van der Waals surface area (Å²) in [6.45, 7) is 5.98. The molecule has 1 aliphatic rings. The zero-order valence-corrected chi connectivity index (χ0v) is 22.7. The molecule has 4 atom stereocenters. The van der Waals surface area contributed by atoms with Crippen molar-refractivity contribution in [2.75, 3.05) is 11.9 Å². The van der Waals surface area contributed by atoms with Gasteiger partial charge in [-0.1, -0.05) is 42.5 Å². The number of aliphatic carboxylic acids is 2. The number of amides is 3. The summed E-state index contributed by atoms with van der Waals surface area (Å²) in [6, 6.07) is 13.1. The van der Waals surface area contributed by atoms with Crippen LogP contribution >= 0.6 is 11.8 Å². The maximum absolute atomic E-state index is 13.5. The van der Waals surface area contributed by atoms with E-state index in [1.807, 2.05) is 0 Å². The molecule has 2 aromatic carbocycles. The molecule has 11 nitrogen and oxygen atoms in total. The van der Waals surface area contributed by atoms with Crippen molar-refractivity contribution in [3.8, 4) is 0 Å². The summed E-state index contributed by atoms with van der Waals surface area (Å²) in [6.07, 6.45) is 0. The number of benzene rings is 2. The predicted octanol–water partition coefficient (Wildman–Crippen LogP) is 3.43. The first-order chi connectivity index (χ1) is 18.3. The fraction of sp³-hybridized carbons (Fsp3) is 0.370. The molecule has 2 aromatic rings. The number of nitrogens with one attached hydrogen (secondary N) is 2. The molecule has 4 N–H and O–H groups in total. The number of carbonyl (C=O) groups is 5. The number of carbonyl (C=O) groups excluding carboxylic acids is 3. The molecule has 1 saturated heterocycles. The summed E-state index contributed by atoms with van der Waals surface area (Å²) in [4.78, 5) is 63.7. The standard InChI is InChI=1S/C27H31N3O8S/c1-15(23(32)33)17-11-8-12-18(13-17)29-26(37)28-14-19(31)30-20(16-9-6-5-7-10-16)21(24(34)35)39-22(30)25(36)38-27(2,3)4/h5-13,15,20-22H,14H2,1-4H3,(H,32,33)(H,34,35)(H2,28,29,37). The van der Waals surface area contributed by atoms with E-state index in [1.54, 1.807) is 69.3 Å². The lowest BCUT2D eigenvalue weighted by atomic mass is 10.0. The maximum Gasteiger partial charge on any atom is 0.340 e. The Morgan fingerprint density at radius 1 is 1.03 bits per heavy atom. The Labute approximate surface area is 229 Å². The molecule has 12 heteroatoms. The molecule has 1 heterocycles. The number of urea groups is 1. The van der Waals surface area contributed by atoms with Crippen LogP contribution in [0.3, 0.4) is 0 Å². The highest BCUT2D eigenvalue weighted by Crippen LogP contribution is 2.45. The van der Waals surface area contributed by atoms with E-state index in [1.165, 1.54) is 13.0 Å².